The Bertz CT molecular complexity index is 301. The van der Waals surface area contributed by atoms with Gasteiger partial charge in [-0.25, -0.2) is 4.98 Å². The summed E-state index contributed by atoms with van der Waals surface area (Å²) in [5.41, 5.74) is 1.19. The van der Waals surface area contributed by atoms with Gasteiger partial charge in [-0.05, 0) is 27.3 Å². The summed E-state index contributed by atoms with van der Waals surface area (Å²) in [6.45, 7) is 6.52. The number of hydrogen-bond acceptors (Lipinski definition) is 3. The highest BCUT2D eigenvalue weighted by Crippen LogP contribution is 2.26. The van der Waals surface area contributed by atoms with Crippen LogP contribution in [0.4, 0.5) is 0 Å². The number of thiazole rings is 1. The molecule has 1 rings (SSSR count). The minimum atomic E-state index is 0.453. The predicted molar refractivity (Wildman–Crippen MR) is 76.8 cm³/mol. The summed E-state index contributed by atoms with van der Waals surface area (Å²) in [6.07, 6.45) is 7.95. The van der Waals surface area contributed by atoms with Crippen LogP contribution in [0, 0.1) is 13.8 Å². The van der Waals surface area contributed by atoms with Crippen LogP contribution in [0.3, 0.4) is 0 Å². The lowest BCUT2D eigenvalue weighted by Crippen LogP contribution is -2.16. The van der Waals surface area contributed by atoms with E-state index < -0.39 is 0 Å². The molecule has 0 aliphatic heterocycles. The molecule has 1 unspecified atom stereocenters. The first-order chi connectivity index (χ1) is 8.19. The van der Waals surface area contributed by atoms with Crippen molar-refractivity contribution in [2.75, 3.05) is 7.05 Å². The van der Waals surface area contributed by atoms with E-state index in [-0.39, 0.29) is 0 Å². The van der Waals surface area contributed by atoms with E-state index in [0.29, 0.717) is 6.04 Å². The highest BCUT2D eigenvalue weighted by molar-refractivity contribution is 7.11. The van der Waals surface area contributed by atoms with Gasteiger partial charge in [-0.2, -0.15) is 0 Å². The van der Waals surface area contributed by atoms with Gasteiger partial charge in [0.25, 0.3) is 0 Å². The van der Waals surface area contributed by atoms with Gasteiger partial charge < -0.3 is 5.32 Å². The van der Waals surface area contributed by atoms with Crippen molar-refractivity contribution < 1.29 is 0 Å². The second kappa shape index (κ2) is 7.83. The van der Waals surface area contributed by atoms with Crippen molar-refractivity contribution in [3.05, 3.63) is 15.6 Å². The van der Waals surface area contributed by atoms with Crippen LogP contribution >= 0.6 is 11.3 Å². The molecule has 0 bridgehead atoms. The average Bonchev–Trinajstić information content (AvgIpc) is 2.64. The molecule has 0 aliphatic rings. The maximum Gasteiger partial charge on any atom is 0.110 e. The molecule has 0 saturated heterocycles. The van der Waals surface area contributed by atoms with Crippen molar-refractivity contribution in [3.63, 3.8) is 0 Å². The van der Waals surface area contributed by atoms with E-state index in [4.69, 9.17) is 0 Å². The minimum absolute atomic E-state index is 0.453. The van der Waals surface area contributed by atoms with Gasteiger partial charge in [0.05, 0.1) is 11.7 Å². The third kappa shape index (κ3) is 4.76. The number of hydrogen-bond donors (Lipinski definition) is 1. The second-order valence-corrected chi connectivity index (χ2v) is 5.97. The highest BCUT2D eigenvalue weighted by atomic mass is 32.1. The smallest absolute Gasteiger partial charge is 0.110 e. The van der Waals surface area contributed by atoms with Gasteiger partial charge in [-0.3, -0.25) is 0 Å². The van der Waals surface area contributed by atoms with Gasteiger partial charge in [0.15, 0.2) is 0 Å². The molecule has 0 spiro atoms. The van der Waals surface area contributed by atoms with Crippen LogP contribution in [0.2, 0.25) is 0 Å². The Morgan fingerprint density at radius 3 is 2.41 bits per heavy atom. The molecule has 0 aromatic carbocycles. The number of unbranched alkanes of at least 4 members (excludes halogenated alkanes) is 4. The molecule has 1 atom stereocenters. The lowest BCUT2D eigenvalue weighted by molar-refractivity contribution is 0.498. The number of rotatable bonds is 8. The van der Waals surface area contributed by atoms with Gasteiger partial charge in [-0.15, -0.1) is 11.3 Å². The molecule has 17 heavy (non-hydrogen) atoms. The van der Waals surface area contributed by atoms with Gasteiger partial charge in [-0.1, -0.05) is 39.0 Å². The van der Waals surface area contributed by atoms with Crippen LogP contribution in [0.5, 0.6) is 0 Å². The molecule has 1 N–H and O–H groups in total. The fourth-order valence-electron chi connectivity index (χ4n) is 1.99. The van der Waals surface area contributed by atoms with Crippen LogP contribution < -0.4 is 5.32 Å². The Morgan fingerprint density at radius 1 is 1.18 bits per heavy atom. The number of nitrogens with zero attached hydrogens (tertiary/aromatic N) is 1. The second-order valence-electron chi connectivity index (χ2n) is 4.74. The summed E-state index contributed by atoms with van der Waals surface area (Å²) in [6, 6.07) is 0.453. The van der Waals surface area contributed by atoms with Crippen LogP contribution in [-0.2, 0) is 0 Å². The summed E-state index contributed by atoms with van der Waals surface area (Å²) in [4.78, 5) is 6.01. The largest absolute Gasteiger partial charge is 0.311 e. The Labute approximate surface area is 110 Å². The maximum absolute atomic E-state index is 4.65. The van der Waals surface area contributed by atoms with Crippen LogP contribution in [0.25, 0.3) is 0 Å². The fraction of sp³-hybridized carbons (Fsp3) is 0.786. The van der Waals surface area contributed by atoms with Gasteiger partial charge in [0, 0.05) is 4.88 Å². The first-order valence-electron chi connectivity index (χ1n) is 6.80. The Kier molecular flexibility index (Phi) is 6.75. The zero-order valence-electron chi connectivity index (χ0n) is 11.7. The summed E-state index contributed by atoms with van der Waals surface area (Å²) in [5.74, 6) is 0. The Balaban J connectivity index is 2.38. The monoisotopic (exact) mass is 254 g/mol. The van der Waals surface area contributed by atoms with Gasteiger partial charge in [0.2, 0.25) is 0 Å². The van der Waals surface area contributed by atoms with Crippen molar-refractivity contribution in [2.24, 2.45) is 0 Å². The standard InChI is InChI=1S/C14H26N2S/c1-5-6-7-8-9-10-13(15-4)14-16-11(2)12(3)17-14/h13,15H,5-10H2,1-4H3. The molecular formula is C14H26N2S. The van der Waals surface area contributed by atoms with Crippen molar-refractivity contribution >= 4 is 11.3 Å². The first kappa shape index (κ1) is 14.7. The average molecular weight is 254 g/mol. The minimum Gasteiger partial charge on any atom is -0.311 e. The molecule has 0 saturated carbocycles. The topological polar surface area (TPSA) is 24.9 Å². The molecule has 0 amide bonds. The molecule has 0 aliphatic carbocycles. The first-order valence-corrected chi connectivity index (χ1v) is 7.61. The van der Waals surface area contributed by atoms with E-state index >= 15 is 0 Å². The maximum atomic E-state index is 4.65. The molecule has 3 heteroatoms. The molecule has 0 fully saturated rings. The fourth-order valence-corrected chi connectivity index (χ4v) is 3.06. The molecular weight excluding hydrogens is 228 g/mol. The van der Waals surface area contributed by atoms with Crippen LogP contribution in [-0.4, -0.2) is 12.0 Å². The molecule has 1 aromatic rings. The summed E-state index contributed by atoms with van der Waals surface area (Å²) in [5, 5.41) is 4.66. The van der Waals surface area contributed by atoms with E-state index in [1.54, 1.807) is 0 Å². The number of aryl methyl sites for hydroxylation is 2. The molecule has 1 aromatic heterocycles. The van der Waals surface area contributed by atoms with Crippen LogP contribution in [0.15, 0.2) is 0 Å². The van der Waals surface area contributed by atoms with Crippen molar-refractivity contribution in [2.45, 2.75) is 65.3 Å². The number of nitrogens with one attached hydrogen (secondary N) is 1. The third-order valence-corrected chi connectivity index (χ3v) is 4.47. The van der Waals surface area contributed by atoms with E-state index in [0.717, 1.165) is 0 Å². The third-order valence-electron chi connectivity index (χ3n) is 3.29. The Hall–Kier alpha value is -0.410. The lowest BCUT2D eigenvalue weighted by atomic mass is 10.1. The molecule has 0 radical (unpaired) electrons. The lowest BCUT2D eigenvalue weighted by Gasteiger charge is -2.12. The Morgan fingerprint density at radius 2 is 1.88 bits per heavy atom. The van der Waals surface area contributed by atoms with E-state index in [9.17, 15) is 0 Å². The zero-order chi connectivity index (χ0) is 12.7. The molecule has 98 valence electrons. The van der Waals surface area contributed by atoms with E-state index in [1.807, 2.05) is 18.4 Å². The van der Waals surface area contributed by atoms with Crippen LogP contribution in [0.1, 0.15) is 67.1 Å². The van der Waals surface area contributed by atoms with Gasteiger partial charge >= 0.3 is 0 Å². The zero-order valence-corrected chi connectivity index (χ0v) is 12.5. The quantitative estimate of drug-likeness (QED) is 0.696. The summed E-state index contributed by atoms with van der Waals surface area (Å²) >= 11 is 1.84. The number of aromatic nitrogens is 1. The van der Waals surface area contributed by atoms with E-state index in [1.165, 1.54) is 54.1 Å². The normalized spacial score (nSPS) is 12.9. The summed E-state index contributed by atoms with van der Waals surface area (Å²) in [7, 11) is 2.04. The predicted octanol–water partition coefficient (Wildman–Crippen LogP) is 4.38. The van der Waals surface area contributed by atoms with Gasteiger partial charge in [0.1, 0.15) is 5.01 Å². The SMILES string of the molecule is CCCCCCCC(NC)c1nc(C)c(C)s1. The van der Waals surface area contributed by atoms with Crippen molar-refractivity contribution in [1.82, 2.24) is 10.3 Å². The van der Waals surface area contributed by atoms with E-state index in [2.05, 4.69) is 31.1 Å². The molecule has 2 nitrogen and oxygen atoms in total. The van der Waals surface area contributed by atoms with Crippen molar-refractivity contribution in [3.8, 4) is 0 Å². The highest BCUT2D eigenvalue weighted by Gasteiger charge is 2.14. The molecule has 1 heterocycles. The van der Waals surface area contributed by atoms with Crippen molar-refractivity contribution in [1.29, 1.82) is 0 Å². The summed E-state index contributed by atoms with van der Waals surface area (Å²) < 4.78 is 0.